The topological polar surface area (TPSA) is 66.5 Å². The van der Waals surface area contributed by atoms with E-state index in [1.165, 1.54) is 4.31 Å². The molecule has 0 aliphatic rings. The van der Waals surface area contributed by atoms with Crippen molar-refractivity contribution in [3.05, 3.63) is 94.5 Å². The maximum atomic E-state index is 13.5. The molecular formula is C27H31ClN2O3S. The standard InChI is InChI=1S/C27H31ClN2O3S/c1-20(2)22-12-14-24(15-13-22)30(34(32,33)25-16-10-21(3)11-17-25)19-27(31)29-18-6-8-23-7-4-5-9-26(23)28/h4-5,7,9-17,20H,6,8,18-19H2,1-3H3,(H,29,31). The van der Waals surface area contributed by atoms with Gasteiger partial charge in [0.15, 0.2) is 0 Å². The summed E-state index contributed by atoms with van der Waals surface area (Å²) in [5.74, 6) is -0.0413. The molecule has 7 heteroatoms. The van der Waals surface area contributed by atoms with Crippen LogP contribution in [-0.4, -0.2) is 27.4 Å². The Morgan fingerprint density at radius 1 is 0.971 bits per heavy atom. The summed E-state index contributed by atoms with van der Waals surface area (Å²) in [6, 6.07) is 21.6. The van der Waals surface area contributed by atoms with Crippen molar-refractivity contribution in [2.75, 3.05) is 17.4 Å². The van der Waals surface area contributed by atoms with E-state index in [1.54, 1.807) is 36.4 Å². The fraction of sp³-hybridized carbons (Fsp3) is 0.296. The average Bonchev–Trinajstić information content (AvgIpc) is 2.81. The number of halogens is 1. The number of benzene rings is 3. The zero-order valence-electron chi connectivity index (χ0n) is 19.8. The van der Waals surface area contributed by atoms with Crippen molar-refractivity contribution in [2.24, 2.45) is 0 Å². The predicted octanol–water partition coefficient (Wildman–Crippen LogP) is 5.72. The van der Waals surface area contributed by atoms with Crippen molar-refractivity contribution in [3.63, 3.8) is 0 Å². The minimum absolute atomic E-state index is 0.151. The van der Waals surface area contributed by atoms with Gasteiger partial charge in [0.2, 0.25) is 5.91 Å². The third-order valence-corrected chi connectivity index (χ3v) is 7.80. The monoisotopic (exact) mass is 498 g/mol. The number of carbonyl (C=O) groups is 1. The Morgan fingerprint density at radius 2 is 1.62 bits per heavy atom. The molecule has 3 aromatic carbocycles. The Bertz CT molecular complexity index is 1210. The van der Waals surface area contributed by atoms with Gasteiger partial charge >= 0.3 is 0 Å². The van der Waals surface area contributed by atoms with Gasteiger partial charge in [0.05, 0.1) is 10.6 Å². The Hall–Kier alpha value is -2.83. The Labute approximate surface area is 207 Å². The highest BCUT2D eigenvalue weighted by Gasteiger charge is 2.27. The van der Waals surface area contributed by atoms with Crippen LogP contribution in [0.3, 0.4) is 0 Å². The van der Waals surface area contributed by atoms with E-state index in [0.717, 1.165) is 23.1 Å². The van der Waals surface area contributed by atoms with Gasteiger partial charge in [0.25, 0.3) is 10.0 Å². The second kappa shape index (κ2) is 11.5. The molecule has 0 bridgehead atoms. The second-order valence-electron chi connectivity index (χ2n) is 8.62. The summed E-state index contributed by atoms with van der Waals surface area (Å²) in [7, 11) is -3.92. The van der Waals surface area contributed by atoms with E-state index in [4.69, 9.17) is 11.6 Å². The van der Waals surface area contributed by atoms with Crippen molar-refractivity contribution < 1.29 is 13.2 Å². The Morgan fingerprint density at radius 3 is 2.24 bits per heavy atom. The molecule has 0 aliphatic heterocycles. The van der Waals surface area contributed by atoms with E-state index in [9.17, 15) is 13.2 Å². The number of nitrogens with zero attached hydrogens (tertiary/aromatic N) is 1. The number of sulfonamides is 1. The quantitative estimate of drug-likeness (QED) is 0.364. The molecule has 5 nitrogen and oxygen atoms in total. The number of nitrogens with one attached hydrogen (secondary N) is 1. The molecule has 0 saturated heterocycles. The highest BCUT2D eigenvalue weighted by Crippen LogP contribution is 2.26. The molecule has 0 atom stereocenters. The lowest BCUT2D eigenvalue weighted by atomic mass is 10.0. The van der Waals surface area contributed by atoms with Crippen LogP contribution in [0.25, 0.3) is 0 Å². The molecule has 34 heavy (non-hydrogen) atoms. The van der Waals surface area contributed by atoms with Gasteiger partial charge in [-0.1, -0.05) is 73.5 Å². The third-order valence-electron chi connectivity index (χ3n) is 5.65. The molecule has 0 radical (unpaired) electrons. The van der Waals surface area contributed by atoms with Crippen LogP contribution < -0.4 is 9.62 Å². The molecule has 0 fully saturated rings. The summed E-state index contributed by atoms with van der Waals surface area (Å²) < 4.78 is 28.1. The van der Waals surface area contributed by atoms with E-state index in [1.807, 2.05) is 43.3 Å². The Balaban J connectivity index is 1.74. The molecule has 1 amide bonds. The second-order valence-corrected chi connectivity index (χ2v) is 10.9. The van der Waals surface area contributed by atoms with Gasteiger partial charge in [0.1, 0.15) is 6.54 Å². The van der Waals surface area contributed by atoms with Crippen LogP contribution in [0.1, 0.15) is 42.9 Å². The van der Waals surface area contributed by atoms with Crippen molar-refractivity contribution >= 4 is 33.2 Å². The fourth-order valence-corrected chi connectivity index (χ4v) is 5.22. The maximum Gasteiger partial charge on any atom is 0.264 e. The summed E-state index contributed by atoms with van der Waals surface area (Å²) in [5, 5.41) is 3.55. The summed E-state index contributed by atoms with van der Waals surface area (Å²) in [6.07, 6.45) is 1.42. The van der Waals surface area contributed by atoms with E-state index in [-0.39, 0.29) is 17.3 Å². The first-order chi connectivity index (χ1) is 16.2. The molecule has 0 aliphatic carbocycles. The smallest absolute Gasteiger partial charge is 0.264 e. The van der Waals surface area contributed by atoms with Gasteiger partial charge in [-0.2, -0.15) is 0 Å². The van der Waals surface area contributed by atoms with E-state index < -0.39 is 10.0 Å². The van der Waals surface area contributed by atoms with Gasteiger partial charge in [-0.3, -0.25) is 9.10 Å². The SMILES string of the molecule is Cc1ccc(S(=O)(=O)N(CC(=O)NCCCc2ccccc2Cl)c2ccc(C(C)C)cc2)cc1. The summed E-state index contributed by atoms with van der Waals surface area (Å²) >= 11 is 6.19. The maximum absolute atomic E-state index is 13.5. The third kappa shape index (κ3) is 6.61. The molecule has 3 rings (SSSR count). The zero-order chi connectivity index (χ0) is 24.7. The number of hydrogen-bond donors (Lipinski definition) is 1. The number of rotatable bonds is 10. The first kappa shape index (κ1) is 25.8. The molecule has 0 heterocycles. The van der Waals surface area contributed by atoms with Crippen molar-refractivity contribution in [1.29, 1.82) is 0 Å². The zero-order valence-corrected chi connectivity index (χ0v) is 21.4. The fourth-order valence-electron chi connectivity index (χ4n) is 3.57. The van der Waals surface area contributed by atoms with Gasteiger partial charge in [0, 0.05) is 11.6 Å². The lowest BCUT2D eigenvalue weighted by Crippen LogP contribution is -2.41. The molecule has 1 N–H and O–H groups in total. The molecule has 0 saturated carbocycles. The lowest BCUT2D eigenvalue weighted by molar-refractivity contribution is -0.119. The predicted molar refractivity (Wildman–Crippen MR) is 139 cm³/mol. The summed E-state index contributed by atoms with van der Waals surface area (Å²) in [5.41, 5.74) is 3.53. The van der Waals surface area contributed by atoms with Crippen molar-refractivity contribution in [1.82, 2.24) is 5.32 Å². The van der Waals surface area contributed by atoms with Gasteiger partial charge in [-0.25, -0.2) is 8.42 Å². The molecule has 3 aromatic rings. The number of anilines is 1. The van der Waals surface area contributed by atoms with Crippen LogP contribution in [0.15, 0.2) is 77.7 Å². The van der Waals surface area contributed by atoms with Crippen LogP contribution in [0, 0.1) is 6.92 Å². The summed E-state index contributed by atoms with van der Waals surface area (Å²) in [4.78, 5) is 12.9. The minimum Gasteiger partial charge on any atom is -0.355 e. The highest BCUT2D eigenvalue weighted by molar-refractivity contribution is 7.92. The van der Waals surface area contributed by atoms with E-state index >= 15 is 0 Å². The van der Waals surface area contributed by atoms with Crippen LogP contribution in [0.5, 0.6) is 0 Å². The Kier molecular flexibility index (Phi) is 8.75. The van der Waals surface area contributed by atoms with Crippen LogP contribution in [0.4, 0.5) is 5.69 Å². The van der Waals surface area contributed by atoms with Gasteiger partial charge in [-0.05, 0) is 67.1 Å². The number of amides is 1. The number of hydrogen-bond acceptors (Lipinski definition) is 3. The van der Waals surface area contributed by atoms with Gasteiger partial charge < -0.3 is 5.32 Å². The van der Waals surface area contributed by atoms with Crippen LogP contribution in [-0.2, 0) is 21.2 Å². The highest BCUT2D eigenvalue weighted by atomic mass is 35.5. The molecular weight excluding hydrogens is 468 g/mol. The molecule has 0 aromatic heterocycles. The minimum atomic E-state index is -3.92. The first-order valence-corrected chi connectivity index (χ1v) is 13.2. The summed E-state index contributed by atoms with van der Waals surface area (Å²) in [6.45, 7) is 6.17. The van der Waals surface area contributed by atoms with E-state index in [0.29, 0.717) is 29.6 Å². The number of carbonyl (C=O) groups excluding carboxylic acids is 1. The van der Waals surface area contributed by atoms with Crippen molar-refractivity contribution in [2.45, 2.75) is 44.4 Å². The largest absolute Gasteiger partial charge is 0.355 e. The molecule has 180 valence electrons. The molecule has 0 spiro atoms. The average molecular weight is 499 g/mol. The van der Waals surface area contributed by atoms with Crippen LogP contribution in [0.2, 0.25) is 5.02 Å². The normalized spacial score (nSPS) is 11.4. The van der Waals surface area contributed by atoms with Crippen LogP contribution >= 0.6 is 11.6 Å². The van der Waals surface area contributed by atoms with Gasteiger partial charge in [-0.15, -0.1) is 0 Å². The molecule has 0 unspecified atom stereocenters. The van der Waals surface area contributed by atoms with Crippen molar-refractivity contribution in [3.8, 4) is 0 Å². The number of aryl methyl sites for hydroxylation is 2. The van der Waals surface area contributed by atoms with E-state index in [2.05, 4.69) is 19.2 Å². The first-order valence-electron chi connectivity index (χ1n) is 11.4. The lowest BCUT2D eigenvalue weighted by Gasteiger charge is -2.24.